The first-order valence-corrected chi connectivity index (χ1v) is 9.51. The third-order valence-corrected chi connectivity index (χ3v) is 4.74. The Morgan fingerprint density at radius 2 is 1.92 bits per heavy atom. The molecule has 3 rings (SSSR count). The van der Waals surface area contributed by atoms with Crippen LogP contribution in [0.4, 0.5) is 5.82 Å². The Morgan fingerprint density at radius 3 is 2.62 bits per heavy atom. The van der Waals surface area contributed by atoms with Crippen molar-refractivity contribution >= 4 is 22.9 Å². The number of carbonyl (C=O) groups is 1. The number of carbonyl (C=O) groups excluding carboxylic acids is 1. The summed E-state index contributed by atoms with van der Waals surface area (Å²) in [6.45, 7) is 9.70. The van der Waals surface area contributed by atoms with Crippen LogP contribution in [0, 0.1) is 13.8 Å². The maximum Gasteiger partial charge on any atom is 0.342 e. The van der Waals surface area contributed by atoms with E-state index in [0.29, 0.717) is 40.7 Å². The Kier molecular flexibility index (Phi) is 6.08. The zero-order valence-electron chi connectivity index (χ0n) is 15.9. The average Bonchev–Trinajstić information content (AvgIpc) is 2.76. The topological polar surface area (TPSA) is 80.5 Å². The second kappa shape index (κ2) is 8.49. The number of fused-ring (bicyclic) bond motifs is 1. The molecule has 1 saturated heterocycles. The number of likely N-dealkylation sites (tertiary alicyclic amines) is 1. The van der Waals surface area contributed by atoms with E-state index in [1.54, 1.807) is 13.8 Å². The number of anilines is 1. The monoisotopic (exact) mass is 360 g/mol. The number of hydrogen-bond donors (Lipinski definition) is 1. The van der Waals surface area contributed by atoms with Gasteiger partial charge in [-0.1, -0.05) is 12.8 Å². The predicted octanol–water partition coefficient (Wildman–Crippen LogP) is 3.30. The minimum Gasteiger partial charge on any atom is -0.462 e. The molecule has 2 aromatic heterocycles. The maximum absolute atomic E-state index is 12.4. The van der Waals surface area contributed by atoms with Gasteiger partial charge in [0.15, 0.2) is 0 Å². The van der Waals surface area contributed by atoms with Gasteiger partial charge in [0.25, 0.3) is 0 Å². The van der Waals surface area contributed by atoms with E-state index in [1.165, 1.54) is 25.7 Å². The first-order valence-electron chi connectivity index (χ1n) is 9.51. The van der Waals surface area contributed by atoms with E-state index in [-0.39, 0.29) is 0 Å². The Balaban J connectivity index is 1.81. The van der Waals surface area contributed by atoms with Crippen LogP contribution < -0.4 is 5.32 Å². The van der Waals surface area contributed by atoms with Gasteiger partial charge in [-0.15, -0.1) is 0 Å². The minimum atomic E-state index is -0.397. The Labute approximate surface area is 154 Å². The molecule has 0 spiro atoms. The van der Waals surface area contributed by atoms with Crippen molar-refractivity contribution in [3.8, 4) is 0 Å². The molecule has 0 aliphatic carbocycles. The summed E-state index contributed by atoms with van der Waals surface area (Å²) in [6.07, 6.45) is 5.19. The van der Waals surface area contributed by atoms with E-state index < -0.39 is 5.97 Å². The maximum atomic E-state index is 12.4. The van der Waals surface area contributed by atoms with Crippen LogP contribution in [0.2, 0.25) is 0 Å². The van der Waals surface area contributed by atoms with E-state index in [2.05, 4.69) is 20.2 Å². The van der Waals surface area contributed by atoms with Crippen molar-refractivity contribution in [1.29, 1.82) is 0 Å². The lowest BCUT2D eigenvalue weighted by Crippen LogP contribution is -2.30. The Hall–Kier alpha value is -2.15. The molecule has 0 atom stereocenters. The van der Waals surface area contributed by atoms with Crippen LogP contribution in [0.5, 0.6) is 0 Å². The molecule has 0 saturated carbocycles. The molecule has 7 heteroatoms. The van der Waals surface area contributed by atoms with Crippen molar-refractivity contribution in [2.45, 2.75) is 46.5 Å². The molecule has 7 nitrogen and oxygen atoms in total. The molecule has 0 radical (unpaired) electrons. The number of esters is 1. The predicted molar refractivity (Wildman–Crippen MR) is 101 cm³/mol. The van der Waals surface area contributed by atoms with Gasteiger partial charge < -0.3 is 19.4 Å². The van der Waals surface area contributed by atoms with Crippen molar-refractivity contribution in [2.24, 2.45) is 0 Å². The van der Waals surface area contributed by atoms with Gasteiger partial charge in [-0.25, -0.2) is 9.78 Å². The van der Waals surface area contributed by atoms with Crippen LogP contribution in [0.1, 0.15) is 54.5 Å². The van der Waals surface area contributed by atoms with Gasteiger partial charge in [-0.05, 0) is 46.7 Å². The van der Waals surface area contributed by atoms with Gasteiger partial charge in [0.1, 0.15) is 23.0 Å². The van der Waals surface area contributed by atoms with Crippen molar-refractivity contribution in [1.82, 2.24) is 14.9 Å². The molecule has 0 aromatic carbocycles. The quantitative estimate of drug-likeness (QED) is 0.792. The number of ether oxygens (including phenoxy) is 1. The lowest BCUT2D eigenvalue weighted by Gasteiger charge is -2.20. The summed E-state index contributed by atoms with van der Waals surface area (Å²) in [6, 6.07) is 0. The van der Waals surface area contributed by atoms with Gasteiger partial charge in [0, 0.05) is 13.1 Å². The van der Waals surface area contributed by atoms with Crippen molar-refractivity contribution in [3.63, 3.8) is 0 Å². The highest BCUT2D eigenvalue weighted by atomic mass is 16.5. The van der Waals surface area contributed by atoms with Crippen LogP contribution in [0.15, 0.2) is 4.42 Å². The van der Waals surface area contributed by atoms with E-state index >= 15 is 0 Å². The summed E-state index contributed by atoms with van der Waals surface area (Å²) in [7, 11) is 0. The summed E-state index contributed by atoms with van der Waals surface area (Å²) in [5.74, 6) is 1.36. The van der Waals surface area contributed by atoms with E-state index in [1.807, 2.05) is 6.92 Å². The number of aryl methyl sites for hydroxylation is 2. The van der Waals surface area contributed by atoms with Crippen LogP contribution >= 0.6 is 0 Å². The average molecular weight is 360 g/mol. The van der Waals surface area contributed by atoms with Gasteiger partial charge in [-0.2, -0.15) is 4.98 Å². The van der Waals surface area contributed by atoms with Gasteiger partial charge in [-0.3, -0.25) is 0 Å². The largest absolute Gasteiger partial charge is 0.462 e. The smallest absolute Gasteiger partial charge is 0.342 e. The number of furan rings is 1. The van der Waals surface area contributed by atoms with Gasteiger partial charge >= 0.3 is 5.97 Å². The fraction of sp³-hybridized carbons (Fsp3) is 0.632. The number of aromatic nitrogens is 2. The second-order valence-corrected chi connectivity index (χ2v) is 6.74. The zero-order chi connectivity index (χ0) is 18.5. The molecule has 0 amide bonds. The molecule has 26 heavy (non-hydrogen) atoms. The molecular formula is C19H28N4O3. The summed E-state index contributed by atoms with van der Waals surface area (Å²) in [5.41, 5.74) is 0.842. The number of nitrogens with zero attached hydrogens (tertiary/aromatic N) is 3. The molecule has 3 heterocycles. The first kappa shape index (κ1) is 18.6. The number of nitrogens with one attached hydrogen (secondary N) is 1. The van der Waals surface area contributed by atoms with Crippen LogP contribution in [0.3, 0.4) is 0 Å². The highest BCUT2D eigenvalue weighted by Gasteiger charge is 2.24. The zero-order valence-corrected chi connectivity index (χ0v) is 15.9. The van der Waals surface area contributed by atoms with Crippen LogP contribution in [-0.2, 0) is 4.74 Å². The van der Waals surface area contributed by atoms with Crippen molar-refractivity contribution < 1.29 is 13.9 Å². The normalized spacial score (nSPS) is 15.8. The highest BCUT2D eigenvalue weighted by Crippen LogP contribution is 2.30. The first-order chi connectivity index (χ1) is 12.6. The summed E-state index contributed by atoms with van der Waals surface area (Å²) < 4.78 is 10.9. The molecule has 1 aliphatic heterocycles. The molecule has 1 aliphatic rings. The fourth-order valence-electron chi connectivity index (χ4n) is 3.49. The summed E-state index contributed by atoms with van der Waals surface area (Å²) in [4.78, 5) is 23.7. The molecule has 1 fully saturated rings. The molecule has 0 unspecified atom stereocenters. The highest BCUT2D eigenvalue weighted by molar-refractivity contribution is 6.07. The minimum absolute atomic E-state index is 0.315. The number of rotatable bonds is 6. The lowest BCUT2D eigenvalue weighted by atomic mass is 10.2. The Bertz CT molecular complexity index is 764. The van der Waals surface area contributed by atoms with Gasteiger partial charge in [0.05, 0.1) is 12.0 Å². The third-order valence-electron chi connectivity index (χ3n) is 4.74. The molecule has 142 valence electrons. The summed E-state index contributed by atoms with van der Waals surface area (Å²) >= 11 is 0. The van der Waals surface area contributed by atoms with E-state index in [9.17, 15) is 4.79 Å². The molecular weight excluding hydrogens is 332 g/mol. The SMILES string of the molecule is CCOC(=O)c1c(C)oc2nc(C)nc(NCCN3CCCCCC3)c12. The molecule has 0 bridgehead atoms. The van der Waals surface area contributed by atoms with Crippen molar-refractivity contribution in [3.05, 3.63) is 17.1 Å². The standard InChI is InChI=1S/C19H28N4O3/c1-4-25-19(24)15-13(2)26-18-16(15)17(21-14(3)22-18)20-9-12-23-10-7-5-6-8-11-23/h4-12H2,1-3H3,(H,20,21,22). The van der Waals surface area contributed by atoms with E-state index in [4.69, 9.17) is 9.15 Å². The van der Waals surface area contributed by atoms with E-state index in [0.717, 1.165) is 26.2 Å². The van der Waals surface area contributed by atoms with Crippen molar-refractivity contribution in [2.75, 3.05) is 38.1 Å². The summed E-state index contributed by atoms with van der Waals surface area (Å²) in [5, 5.41) is 4.00. The van der Waals surface area contributed by atoms with Gasteiger partial charge in [0.2, 0.25) is 5.71 Å². The lowest BCUT2D eigenvalue weighted by molar-refractivity contribution is 0.0526. The number of hydrogen-bond acceptors (Lipinski definition) is 7. The van der Waals surface area contributed by atoms with Crippen LogP contribution in [0.25, 0.3) is 11.1 Å². The third kappa shape index (κ3) is 4.15. The molecule has 2 aromatic rings. The Morgan fingerprint density at radius 1 is 1.19 bits per heavy atom. The second-order valence-electron chi connectivity index (χ2n) is 6.74. The fourth-order valence-corrected chi connectivity index (χ4v) is 3.49. The van der Waals surface area contributed by atoms with Crippen LogP contribution in [-0.4, -0.2) is 53.6 Å². The molecule has 1 N–H and O–H groups in total.